The fourth-order valence-corrected chi connectivity index (χ4v) is 4.13. The van der Waals surface area contributed by atoms with Crippen LogP contribution >= 0.6 is 11.8 Å². The zero-order valence-corrected chi connectivity index (χ0v) is 22.7. The van der Waals surface area contributed by atoms with Gasteiger partial charge in [-0.3, -0.25) is 14.4 Å². The van der Waals surface area contributed by atoms with E-state index in [9.17, 15) is 34.5 Å². The van der Waals surface area contributed by atoms with Gasteiger partial charge in [-0.25, -0.2) is 4.79 Å². The molecule has 5 atom stereocenters. The number of rotatable bonds is 15. The van der Waals surface area contributed by atoms with Crippen molar-refractivity contribution >= 4 is 35.5 Å². The SMILES string of the molecule is CSCCC(NC(=O)C(N)C(C)O)C(=O)NC(Cc1ccccc1)C(=O)NC(Cc1ccc(O)cc1)C(=O)O. The van der Waals surface area contributed by atoms with Crippen LogP contribution < -0.4 is 21.7 Å². The predicted octanol–water partition coefficient (Wildman–Crippen LogP) is 0.178. The number of amides is 3. The van der Waals surface area contributed by atoms with Crippen molar-refractivity contribution in [3.63, 3.8) is 0 Å². The van der Waals surface area contributed by atoms with E-state index in [2.05, 4.69) is 16.0 Å². The number of nitrogens with one attached hydrogen (secondary N) is 3. The van der Waals surface area contributed by atoms with E-state index in [0.29, 0.717) is 11.3 Å². The summed E-state index contributed by atoms with van der Waals surface area (Å²) in [5.41, 5.74) is 7.02. The smallest absolute Gasteiger partial charge is 0.326 e. The summed E-state index contributed by atoms with van der Waals surface area (Å²) in [6, 6.07) is 10.1. The minimum atomic E-state index is -1.30. The standard InChI is InChI=1S/C27H36N4O7S/c1-16(32)23(28)26(36)29-20(12-13-39-2)24(34)30-21(14-17-6-4-3-5-7-17)25(35)31-22(27(37)38)15-18-8-10-19(33)11-9-18/h3-11,16,20-23,32-33H,12-15,28H2,1-2H3,(H,29,36)(H,30,34)(H,31,35)(H,37,38). The van der Waals surface area contributed by atoms with Crippen LogP contribution in [0.25, 0.3) is 0 Å². The zero-order chi connectivity index (χ0) is 28.9. The Hall–Kier alpha value is -3.61. The highest BCUT2D eigenvalue weighted by molar-refractivity contribution is 7.98. The lowest BCUT2D eigenvalue weighted by molar-refractivity contribution is -0.142. The van der Waals surface area contributed by atoms with Crippen molar-refractivity contribution < 1.29 is 34.5 Å². The molecule has 5 unspecified atom stereocenters. The number of aliphatic hydroxyl groups excluding tert-OH is 1. The molecular formula is C27H36N4O7S. The molecule has 2 aromatic carbocycles. The Balaban J connectivity index is 2.24. The highest BCUT2D eigenvalue weighted by Crippen LogP contribution is 2.12. The summed E-state index contributed by atoms with van der Waals surface area (Å²) in [7, 11) is 0. The molecule has 0 bridgehead atoms. The van der Waals surface area contributed by atoms with E-state index in [4.69, 9.17) is 5.73 Å². The molecule has 8 N–H and O–H groups in total. The molecule has 0 aromatic heterocycles. The summed E-state index contributed by atoms with van der Waals surface area (Å²) < 4.78 is 0. The van der Waals surface area contributed by atoms with Gasteiger partial charge in [0.05, 0.1) is 6.10 Å². The molecule has 2 aromatic rings. The topological polar surface area (TPSA) is 191 Å². The van der Waals surface area contributed by atoms with E-state index in [1.165, 1.54) is 30.8 Å². The predicted molar refractivity (Wildman–Crippen MR) is 148 cm³/mol. The van der Waals surface area contributed by atoms with Gasteiger partial charge in [0.25, 0.3) is 0 Å². The molecule has 0 fully saturated rings. The number of phenols is 1. The minimum absolute atomic E-state index is 0.0258. The van der Waals surface area contributed by atoms with Gasteiger partial charge in [-0.1, -0.05) is 42.5 Å². The number of aliphatic carboxylic acids is 1. The Kier molecular flexibility index (Phi) is 12.7. The first kappa shape index (κ1) is 31.6. The fourth-order valence-electron chi connectivity index (χ4n) is 3.66. The number of nitrogens with two attached hydrogens (primary N) is 1. The number of carboxylic acids is 1. The van der Waals surface area contributed by atoms with Crippen LogP contribution in [0.1, 0.15) is 24.5 Å². The van der Waals surface area contributed by atoms with Crippen LogP contribution in [0.5, 0.6) is 5.75 Å². The van der Waals surface area contributed by atoms with E-state index in [-0.39, 0.29) is 25.0 Å². The van der Waals surface area contributed by atoms with Crippen LogP contribution in [-0.4, -0.2) is 81.3 Å². The Morgan fingerprint density at radius 1 is 0.821 bits per heavy atom. The first-order chi connectivity index (χ1) is 18.5. The van der Waals surface area contributed by atoms with E-state index in [0.717, 1.165) is 5.56 Å². The quantitative estimate of drug-likeness (QED) is 0.159. The van der Waals surface area contributed by atoms with E-state index in [1.807, 2.05) is 6.26 Å². The zero-order valence-electron chi connectivity index (χ0n) is 21.9. The second-order valence-corrected chi connectivity index (χ2v) is 10.1. The summed E-state index contributed by atoms with van der Waals surface area (Å²) in [5.74, 6) is -2.79. The third-order valence-corrected chi connectivity index (χ3v) is 6.62. The lowest BCUT2D eigenvalue weighted by Gasteiger charge is -2.25. The summed E-state index contributed by atoms with van der Waals surface area (Å²) in [6.07, 6.45) is 0.970. The van der Waals surface area contributed by atoms with Gasteiger partial charge in [0.1, 0.15) is 29.9 Å². The molecule has 0 aliphatic carbocycles. The lowest BCUT2D eigenvalue weighted by Crippen LogP contribution is -2.58. The number of carboxylic acid groups (broad SMARTS) is 1. The van der Waals surface area contributed by atoms with Crippen LogP contribution in [-0.2, 0) is 32.0 Å². The summed E-state index contributed by atoms with van der Waals surface area (Å²) in [5, 5.41) is 36.6. The number of aliphatic hydroxyl groups is 1. The molecule has 0 radical (unpaired) electrons. The van der Waals surface area contributed by atoms with E-state index >= 15 is 0 Å². The lowest BCUT2D eigenvalue weighted by atomic mass is 10.0. The third kappa shape index (κ3) is 10.6. The Morgan fingerprint density at radius 3 is 1.90 bits per heavy atom. The highest BCUT2D eigenvalue weighted by atomic mass is 32.2. The second kappa shape index (κ2) is 15.7. The molecule has 212 valence electrons. The highest BCUT2D eigenvalue weighted by Gasteiger charge is 2.31. The van der Waals surface area contributed by atoms with Crippen molar-refractivity contribution in [3.8, 4) is 5.75 Å². The van der Waals surface area contributed by atoms with Crippen LogP contribution in [0.4, 0.5) is 0 Å². The van der Waals surface area contributed by atoms with Crippen molar-refractivity contribution in [1.82, 2.24) is 16.0 Å². The molecule has 0 saturated carbocycles. The Labute approximate surface area is 231 Å². The van der Waals surface area contributed by atoms with Gasteiger partial charge in [0, 0.05) is 12.8 Å². The van der Waals surface area contributed by atoms with Gasteiger partial charge in [-0.15, -0.1) is 0 Å². The molecule has 0 aliphatic rings. The molecule has 0 aliphatic heterocycles. The van der Waals surface area contributed by atoms with Crippen molar-refractivity contribution in [2.24, 2.45) is 5.73 Å². The number of benzene rings is 2. The Morgan fingerprint density at radius 2 is 1.33 bits per heavy atom. The maximum absolute atomic E-state index is 13.3. The summed E-state index contributed by atoms with van der Waals surface area (Å²) >= 11 is 1.46. The normalized spacial score (nSPS) is 14.8. The molecule has 2 rings (SSSR count). The fraction of sp³-hybridized carbons (Fsp3) is 0.407. The summed E-state index contributed by atoms with van der Waals surface area (Å²) in [4.78, 5) is 51.0. The molecule has 39 heavy (non-hydrogen) atoms. The third-order valence-electron chi connectivity index (χ3n) is 5.97. The van der Waals surface area contributed by atoms with Crippen molar-refractivity contribution in [1.29, 1.82) is 0 Å². The number of hydrogen-bond donors (Lipinski definition) is 7. The number of aromatic hydroxyl groups is 1. The minimum Gasteiger partial charge on any atom is -0.508 e. The first-order valence-corrected chi connectivity index (χ1v) is 13.8. The molecular weight excluding hydrogens is 524 g/mol. The monoisotopic (exact) mass is 560 g/mol. The number of carbonyl (C=O) groups is 4. The molecule has 0 heterocycles. The van der Waals surface area contributed by atoms with Gasteiger partial charge in [-0.05, 0) is 48.6 Å². The maximum Gasteiger partial charge on any atom is 0.326 e. The molecule has 11 nitrogen and oxygen atoms in total. The maximum atomic E-state index is 13.3. The van der Waals surface area contributed by atoms with Gasteiger partial charge < -0.3 is 37.0 Å². The largest absolute Gasteiger partial charge is 0.508 e. The number of hydrogen-bond acceptors (Lipinski definition) is 8. The first-order valence-electron chi connectivity index (χ1n) is 12.4. The molecule has 12 heteroatoms. The van der Waals surface area contributed by atoms with Crippen LogP contribution in [0.2, 0.25) is 0 Å². The van der Waals surface area contributed by atoms with Gasteiger partial charge in [-0.2, -0.15) is 11.8 Å². The average Bonchev–Trinajstić information content (AvgIpc) is 2.91. The van der Waals surface area contributed by atoms with E-state index in [1.54, 1.807) is 42.5 Å². The average molecular weight is 561 g/mol. The molecule has 0 spiro atoms. The van der Waals surface area contributed by atoms with Crippen LogP contribution in [0.3, 0.4) is 0 Å². The van der Waals surface area contributed by atoms with Gasteiger partial charge in [0.15, 0.2) is 0 Å². The second-order valence-electron chi connectivity index (χ2n) is 9.13. The van der Waals surface area contributed by atoms with Crippen molar-refractivity contribution in [3.05, 3.63) is 65.7 Å². The van der Waals surface area contributed by atoms with Crippen LogP contribution in [0.15, 0.2) is 54.6 Å². The van der Waals surface area contributed by atoms with Gasteiger partial charge in [0.2, 0.25) is 17.7 Å². The number of carbonyl (C=O) groups excluding carboxylic acids is 3. The molecule has 0 saturated heterocycles. The number of thioether (sulfide) groups is 1. The van der Waals surface area contributed by atoms with Crippen LogP contribution in [0, 0.1) is 0 Å². The van der Waals surface area contributed by atoms with Crippen molar-refractivity contribution in [2.75, 3.05) is 12.0 Å². The summed E-state index contributed by atoms with van der Waals surface area (Å²) in [6.45, 7) is 1.36. The van der Waals surface area contributed by atoms with Gasteiger partial charge >= 0.3 is 5.97 Å². The van der Waals surface area contributed by atoms with Crippen molar-refractivity contribution in [2.45, 2.75) is 56.5 Å². The van der Waals surface area contributed by atoms with E-state index < -0.39 is 54.0 Å². The molecule has 3 amide bonds. The number of phenolic OH excluding ortho intramolecular Hbond substituents is 1. The Bertz CT molecular complexity index is 1100.